The molecule has 1 aliphatic carbocycles. The van der Waals surface area contributed by atoms with Crippen molar-refractivity contribution in [3.63, 3.8) is 0 Å². The van der Waals surface area contributed by atoms with Crippen LogP contribution in [0.2, 0.25) is 0 Å². The summed E-state index contributed by atoms with van der Waals surface area (Å²) in [5.41, 5.74) is 3.96. The van der Waals surface area contributed by atoms with Crippen LogP contribution in [0, 0.1) is 5.41 Å². The number of fused-ring (bicyclic) bond motifs is 2. The Morgan fingerprint density at radius 3 is 3.16 bits per heavy atom. The van der Waals surface area contributed by atoms with Crippen LogP contribution in [0.3, 0.4) is 0 Å². The molecule has 3 heterocycles. The van der Waals surface area contributed by atoms with Gasteiger partial charge in [0.15, 0.2) is 0 Å². The van der Waals surface area contributed by atoms with E-state index in [0.29, 0.717) is 12.1 Å². The topological polar surface area (TPSA) is 40.0 Å². The molecule has 3 aliphatic rings. The highest BCUT2D eigenvalue weighted by Crippen LogP contribution is 2.45. The highest BCUT2D eigenvalue weighted by atomic mass is 15.2. The number of anilines is 1. The molecular weight excluding hydrogens is 234 g/mol. The summed E-state index contributed by atoms with van der Waals surface area (Å²) in [5.74, 6) is 0. The monoisotopic (exact) mass is 247 g/mol. The van der Waals surface area contributed by atoms with Crippen molar-refractivity contribution in [1.82, 2.24) is 4.98 Å². The molecule has 0 fully saturated rings. The molecule has 1 aromatic rings. The van der Waals surface area contributed by atoms with Crippen molar-refractivity contribution in [2.45, 2.75) is 12.0 Å². The number of hydrogen-bond donors (Lipinski definition) is 1. The van der Waals surface area contributed by atoms with Crippen molar-refractivity contribution < 1.29 is 0 Å². The van der Waals surface area contributed by atoms with Crippen molar-refractivity contribution in [2.75, 3.05) is 4.90 Å². The van der Waals surface area contributed by atoms with Crippen molar-refractivity contribution >= 4 is 17.5 Å². The first kappa shape index (κ1) is 10.5. The zero-order valence-electron chi connectivity index (χ0n) is 10.4. The third-order valence-corrected chi connectivity index (χ3v) is 3.95. The zero-order valence-corrected chi connectivity index (χ0v) is 10.4. The molecule has 0 saturated heterocycles. The molecule has 1 atom stereocenters. The molecule has 3 nitrogen and oxygen atoms in total. The maximum Gasteiger partial charge on any atom is 0.104 e. The van der Waals surface area contributed by atoms with Gasteiger partial charge in [0.2, 0.25) is 0 Å². The quantitative estimate of drug-likeness (QED) is 0.765. The first-order valence-corrected chi connectivity index (χ1v) is 6.37. The van der Waals surface area contributed by atoms with Gasteiger partial charge >= 0.3 is 0 Å². The molecule has 1 N–H and O–H groups in total. The highest BCUT2D eigenvalue weighted by Gasteiger charge is 2.41. The first-order valence-electron chi connectivity index (χ1n) is 6.37. The fraction of sp³-hybridized carbons (Fsp3) is 0.125. The number of rotatable bonds is 0. The van der Waals surface area contributed by atoms with Crippen LogP contribution in [0.25, 0.3) is 6.08 Å². The van der Waals surface area contributed by atoms with Gasteiger partial charge < -0.3 is 10.3 Å². The number of pyridine rings is 1. The summed E-state index contributed by atoms with van der Waals surface area (Å²) in [6.07, 6.45) is 19.0. The molecule has 4 rings (SSSR count). The van der Waals surface area contributed by atoms with Gasteiger partial charge in [0.05, 0.1) is 11.9 Å². The minimum atomic E-state index is -0.241. The van der Waals surface area contributed by atoms with Crippen LogP contribution in [-0.4, -0.2) is 16.2 Å². The minimum absolute atomic E-state index is 0.241. The molecule has 2 aliphatic heterocycles. The van der Waals surface area contributed by atoms with Crippen LogP contribution in [0.15, 0.2) is 60.6 Å². The maximum absolute atomic E-state index is 7.90. The molecule has 19 heavy (non-hydrogen) atoms. The van der Waals surface area contributed by atoms with Crippen molar-refractivity contribution in [3.8, 4) is 0 Å². The lowest BCUT2D eigenvalue weighted by molar-refractivity contribution is 0.693. The van der Waals surface area contributed by atoms with E-state index in [2.05, 4.69) is 40.4 Å². The second-order valence-electron chi connectivity index (χ2n) is 5.04. The van der Waals surface area contributed by atoms with Gasteiger partial charge in [-0.05, 0) is 29.9 Å². The predicted molar refractivity (Wildman–Crippen MR) is 77.2 cm³/mol. The van der Waals surface area contributed by atoms with Gasteiger partial charge in [-0.1, -0.05) is 18.2 Å². The summed E-state index contributed by atoms with van der Waals surface area (Å²) in [7, 11) is 0. The Morgan fingerprint density at radius 2 is 2.21 bits per heavy atom. The van der Waals surface area contributed by atoms with Crippen LogP contribution in [0.1, 0.15) is 12.0 Å². The molecule has 0 radical (unpaired) electrons. The lowest BCUT2D eigenvalue weighted by atomic mass is 9.75. The Kier molecular flexibility index (Phi) is 1.96. The van der Waals surface area contributed by atoms with Crippen LogP contribution in [0.4, 0.5) is 5.69 Å². The number of nitrogens with one attached hydrogen (secondary N) is 1. The number of hydrogen-bond acceptors (Lipinski definition) is 3. The van der Waals surface area contributed by atoms with E-state index in [-0.39, 0.29) is 5.54 Å². The second kappa shape index (κ2) is 3.54. The van der Waals surface area contributed by atoms with E-state index in [9.17, 15) is 0 Å². The zero-order chi connectivity index (χ0) is 12.9. The van der Waals surface area contributed by atoms with Gasteiger partial charge in [0.1, 0.15) is 5.54 Å². The Balaban J connectivity index is 2.02. The van der Waals surface area contributed by atoms with E-state index in [1.54, 1.807) is 0 Å². The molecule has 3 heteroatoms. The van der Waals surface area contributed by atoms with Crippen molar-refractivity contribution in [3.05, 3.63) is 66.2 Å². The van der Waals surface area contributed by atoms with Crippen LogP contribution in [-0.2, 0) is 0 Å². The van der Waals surface area contributed by atoms with Gasteiger partial charge in [0.25, 0.3) is 0 Å². The third kappa shape index (κ3) is 1.32. The summed E-state index contributed by atoms with van der Waals surface area (Å²) in [6.45, 7) is 0. The number of allylic oxidation sites excluding steroid dienone is 3. The summed E-state index contributed by atoms with van der Waals surface area (Å²) >= 11 is 0. The van der Waals surface area contributed by atoms with E-state index < -0.39 is 0 Å². The largest absolute Gasteiger partial charge is 0.329 e. The third-order valence-electron chi connectivity index (χ3n) is 3.95. The molecular formula is C16H13N3. The first-order chi connectivity index (χ1) is 9.29. The molecule has 0 amide bonds. The average molecular weight is 247 g/mol. The maximum atomic E-state index is 7.90. The SMILES string of the molecule is N=C1C=CC23C=CC=CN2c2cnccc2C=C3C1. The fourth-order valence-corrected chi connectivity index (χ4v) is 3.03. The molecule has 0 bridgehead atoms. The van der Waals surface area contributed by atoms with Crippen LogP contribution < -0.4 is 4.90 Å². The Morgan fingerprint density at radius 1 is 1.26 bits per heavy atom. The van der Waals surface area contributed by atoms with E-state index >= 15 is 0 Å². The lowest BCUT2D eigenvalue weighted by Gasteiger charge is -2.47. The average Bonchev–Trinajstić information content (AvgIpc) is 2.45. The molecule has 0 aromatic carbocycles. The van der Waals surface area contributed by atoms with Gasteiger partial charge in [-0.2, -0.15) is 0 Å². The normalized spacial score (nSPS) is 26.6. The molecule has 1 spiro atoms. The van der Waals surface area contributed by atoms with Crippen molar-refractivity contribution in [2.24, 2.45) is 0 Å². The lowest BCUT2D eigenvalue weighted by Crippen LogP contribution is -2.49. The van der Waals surface area contributed by atoms with Gasteiger partial charge in [0, 0.05) is 30.1 Å². The number of nitrogens with zero attached hydrogens (tertiary/aromatic N) is 2. The van der Waals surface area contributed by atoms with Gasteiger partial charge in [-0.15, -0.1) is 0 Å². The summed E-state index contributed by atoms with van der Waals surface area (Å²) in [6, 6.07) is 2.03. The fourth-order valence-electron chi connectivity index (χ4n) is 3.03. The minimum Gasteiger partial charge on any atom is -0.329 e. The summed E-state index contributed by atoms with van der Waals surface area (Å²) < 4.78 is 0. The van der Waals surface area contributed by atoms with Gasteiger partial charge in [-0.3, -0.25) is 4.98 Å². The van der Waals surface area contributed by atoms with E-state index in [1.807, 2.05) is 30.6 Å². The standard InChI is InChI=1S/C16H13N3/c17-14-3-6-16-5-1-2-8-19(16)15-11-18-7-4-12(15)9-13(16)10-14/h1-9,11,17H,10H2. The predicted octanol–water partition coefficient (Wildman–Crippen LogP) is 3.09. The highest BCUT2D eigenvalue weighted by molar-refractivity contribution is 5.99. The smallest absolute Gasteiger partial charge is 0.104 e. The molecule has 1 aromatic heterocycles. The van der Waals surface area contributed by atoms with Gasteiger partial charge in [-0.25, -0.2) is 0 Å². The molecule has 1 unspecified atom stereocenters. The Labute approximate surface area is 111 Å². The van der Waals surface area contributed by atoms with E-state index in [4.69, 9.17) is 5.41 Å². The number of aromatic nitrogens is 1. The Hall–Kier alpha value is -2.42. The molecule has 0 saturated carbocycles. The van der Waals surface area contributed by atoms with E-state index in [1.165, 1.54) is 11.1 Å². The van der Waals surface area contributed by atoms with Crippen LogP contribution >= 0.6 is 0 Å². The molecule has 92 valence electrons. The second-order valence-corrected chi connectivity index (χ2v) is 5.04. The van der Waals surface area contributed by atoms with Crippen LogP contribution in [0.5, 0.6) is 0 Å². The van der Waals surface area contributed by atoms with E-state index in [0.717, 1.165) is 5.69 Å². The Bertz CT molecular complexity index is 694. The summed E-state index contributed by atoms with van der Waals surface area (Å²) in [4.78, 5) is 6.49. The summed E-state index contributed by atoms with van der Waals surface area (Å²) in [5, 5.41) is 7.90. The van der Waals surface area contributed by atoms with Crippen molar-refractivity contribution in [1.29, 1.82) is 5.41 Å².